The lowest BCUT2D eigenvalue weighted by molar-refractivity contribution is 0.0936. The number of methoxy groups -OCH3 is 2. The Balaban J connectivity index is 1.79. The fourth-order valence-electron chi connectivity index (χ4n) is 3.06. The van der Waals surface area contributed by atoms with Crippen LogP contribution < -0.4 is 14.8 Å². The molecule has 0 spiro atoms. The number of hydrogen-bond acceptors (Lipinski definition) is 4. The summed E-state index contributed by atoms with van der Waals surface area (Å²) in [6.07, 6.45) is 5.17. The number of nitrogens with one attached hydrogen (secondary N) is 1. The zero-order chi connectivity index (χ0) is 17.3. The summed E-state index contributed by atoms with van der Waals surface area (Å²) in [5, 5.41) is 7.33. The first-order valence-electron chi connectivity index (χ1n) is 8.13. The van der Waals surface area contributed by atoms with E-state index < -0.39 is 0 Å². The molecule has 6 heteroatoms. The van der Waals surface area contributed by atoms with Crippen molar-refractivity contribution in [3.63, 3.8) is 0 Å². The predicted molar refractivity (Wildman–Crippen MR) is 90.7 cm³/mol. The third kappa shape index (κ3) is 2.96. The van der Waals surface area contributed by atoms with E-state index in [0.29, 0.717) is 11.3 Å². The molecule has 1 aromatic heterocycles. The van der Waals surface area contributed by atoms with Gasteiger partial charge in [-0.15, -0.1) is 0 Å². The van der Waals surface area contributed by atoms with E-state index in [1.165, 1.54) is 5.56 Å². The van der Waals surface area contributed by atoms with Gasteiger partial charge in [0.2, 0.25) is 0 Å². The van der Waals surface area contributed by atoms with Crippen LogP contribution in [0.1, 0.15) is 53.8 Å². The van der Waals surface area contributed by atoms with E-state index in [0.717, 1.165) is 24.2 Å². The molecule has 24 heavy (non-hydrogen) atoms. The molecule has 1 aromatic carbocycles. The molecule has 0 saturated carbocycles. The van der Waals surface area contributed by atoms with Gasteiger partial charge in [0.15, 0.2) is 11.5 Å². The van der Waals surface area contributed by atoms with E-state index in [1.54, 1.807) is 31.3 Å². The molecule has 0 radical (unpaired) electrons. The number of rotatable bonds is 5. The van der Waals surface area contributed by atoms with Crippen LogP contribution >= 0.6 is 0 Å². The Kier molecular flexibility index (Phi) is 4.46. The molecule has 1 atom stereocenters. The maximum absolute atomic E-state index is 12.5. The first-order chi connectivity index (χ1) is 11.5. The summed E-state index contributed by atoms with van der Waals surface area (Å²) >= 11 is 0. The third-order valence-electron chi connectivity index (χ3n) is 4.42. The Morgan fingerprint density at radius 1 is 1.29 bits per heavy atom. The molecule has 3 rings (SSSR count). The number of hydrogen-bond donors (Lipinski definition) is 1. The van der Waals surface area contributed by atoms with E-state index in [4.69, 9.17) is 9.47 Å². The number of nitrogens with zero attached hydrogens (tertiary/aromatic N) is 2. The molecule has 1 aliphatic carbocycles. The highest BCUT2D eigenvalue weighted by molar-refractivity contribution is 5.94. The molecule has 128 valence electrons. The van der Waals surface area contributed by atoms with Crippen LogP contribution in [0.3, 0.4) is 0 Å². The minimum atomic E-state index is -0.102. The number of benzene rings is 1. The number of carbonyl (C=O) groups excluding carboxylic acids is 1. The van der Waals surface area contributed by atoms with Crippen molar-refractivity contribution in [1.29, 1.82) is 0 Å². The number of carbonyl (C=O) groups is 1. The lowest BCUT2D eigenvalue weighted by Gasteiger charge is -2.16. The summed E-state index contributed by atoms with van der Waals surface area (Å²) in [6.45, 7) is 4.06. The SMILES string of the molecule is COc1cc2c(cc1OC)C(NC(=O)c1cnn(C(C)C)c1)CC2. The van der Waals surface area contributed by atoms with Crippen LogP contribution in [0.2, 0.25) is 0 Å². The lowest BCUT2D eigenvalue weighted by atomic mass is 10.1. The predicted octanol–water partition coefficient (Wildman–Crippen LogP) is 2.90. The Bertz CT molecular complexity index is 752. The van der Waals surface area contributed by atoms with E-state index in [9.17, 15) is 4.79 Å². The maximum Gasteiger partial charge on any atom is 0.254 e. The summed E-state index contributed by atoms with van der Waals surface area (Å²) in [5.41, 5.74) is 2.87. The van der Waals surface area contributed by atoms with Crippen molar-refractivity contribution in [2.45, 2.75) is 38.8 Å². The first-order valence-corrected chi connectivity index (χ1v) is 8.13. The largest absolute Gasteiger partial charge is 0.493 e. The molecule has 0 fully saturated rings. The number of amides is 1. The van der Waals surface area contributed by atoms with Gasteiger partial charge in [-0.1, -0.05) is 0 Å². The fourth-order valence-corrected chi connectivity index (χ4v) is 3.06. The van der Waals surface area contributed by atoms with Crippen LogP contribution in [0.25, 0.3) is 0 Å². The van der Waals surface area contributed by atoms with E-state index in [-0.39, 0.29) is 18.0 Å². The molecule has 1 amide bonds. The first kappa shape index (κ1) is 16.4. The van der Waals surface area contributed by atoms with Crippen LogP contribution in [0.4, 0.5) is 0 Å². The van der Waals surface area contributed by atoms with Gasteiger partial charge in [0.1, 0.15) is 0 Å². The molecule has 0 bridgehead atoms. The minimum Gasteiger partial charge on any atom is -0.493 e. The monoisotopic (exact) mass is 329 g/mol. The fraction of sp³-hybridized carbons (Fsp3) is 0.444. The number of aryl methyl sites for hydroxylation is 1. The second-order valence-corrected chi connectivity index (χ2v) is 6.27. The van der Waals surface area contributed by atoms with E-state index in [2.05, 4.69) is 10.4 Å². The normalized spacial score (nSPS) is 16.1. The number of ether oxygens (including phenoxy) is 2. The van der Waals surface area contributed by atoms with Gasteiger partial charge in [0.05, 0.1) is 32.0 Å². The highest BCUT2D eigenvalue weighted by Gasteiger charge is 2.27. The van der Waals surface area contributed by atoms with Crippen molar-refractivity contribution in [3.05, 3.63) is 41.2 Å². The van der Waals surface area contributed by atoms with Crippen molar-refractivity contribution < 1.29 is 14.3 Å². The number of fused-ring (bicyclic) bond motifs is 1. The second kappa shape index (κ2) is 6.55. The van der Waals surface area contributed by atoms with Gasteiger partial charge in [-0.3, -0.25) is 9.48 Å². The zero-order valence-electron chi connectivity index (χ0n) is 14.5. The molecular weight excluding hydrogens is 306 g/mol. The lowest BCUT2D eigenvalue weighted by Crippen LogP contribution is -2.26. The van der Waals surface area contributed by atoms with Crippen molar-refractivity contribution >= 4 is 5.91 Å². The summed E-state index contributed by atoms with van der Waals surface area (Å²) in [5.74, 6) is 1.31. The standard InChI is InChI=1S/C18H23N3O3/c1-11(2)21-10-13(9-19-21)18(22)20-15-6-5-12-7-16(23-3)17(24-4)8-14(12)15/h7-11,15H,5-6H2,1-4H3,(H,20,22). The van der Waals surface area contributed by atoms with E-state index >= 15 is 0 Å². The highest BCUT2D eigenvalue weighted by atomic mass is 16.5. The van der Waals surface area contributed by atoms with Crippen molar-refractivity contribution in [3.8, 4) is 11.5 Å². The topological polar surface area (TPSA) is 65.4 Å². The maximum atomic E-state index is 12.5. The summed E-state index contributed by atoms with van der Waals surface area (Å²) in [6, 6.07) is 4.17. The van der Waals surface area contributed by atoms with Gasteiger partial charge >= 0.3 is 0 Å². The molecule has 1 heterocycles. The van der Waals surface area contributed by atoms with Gasteiger partial charge in [-0.2, -0.15) is 5.10 Å². The quantitative estimate of drug-likeness (QED) is 0.916. The average molecular weight is 329 g/mol. The third-order valence-corrected chi connectivity index (χ3v) is 4.42. The minimum absolute atomic E-state index is 0.0188. The molecular formula is C18H23N3O3. The average Bonchev–Trinajstić information content (AvgIpc) is 3.21. The molecule has 0 saturated heterocycles. The molecule has 6 nitrogen and oxygen atoms in total. The van der Waals surface area contributed by atoms with Crippen LogP contribution in [0.15, 0.2) is 24.5 Å². The molecule has 0 aliphatic heterocycles. The Labute approximate surface area is 141 Å². The van der Waals surface area contributed by atoms with Crippen molar-refractivity contribution in [2.24, 2.45) is 0 Å². The number of aromatic nitrogens is 2. The molecule has 1 unspecified atom stereocenters. The molecule has 1 N–H and O–H groups in total. The Morgan fingerprint density at radius 2 is 2.00 bits per heavy atom. The van der Waals surface area contributed by atoms with Gasteiger partial charge in [0, 0.05) is 12.2 Å². The van der Waals surface area contributed by atoms with Crippen LogP contribution in [-0.4, -0.2) is 29.9 Å². The van der Waals surface area contributed by atoms with Crippen molar-refractivity contribution in [2.75, 3.05) is 14.2 Å². The van der Waals surface area contributed by atoms with Gasteiger partial charge in [0.25, 0.3) is 5.91 Å². The van der Waals surface area contributed by atoms with Gasteiger partial charge in [-0.05, 0) is 49.9 Å². The molecule has 1 aliphatic rings. The Morgan fingerprint density at radius 3 is 2.62 bits per heavy atom. The van der Waals surface area contributed by atoms with Gasteiger partial charge in [-0.25, -0.2) is 0 Å². The summed E-state index contributed by atoms with van der Waals surface area (Å²) < 4.78 is 12.5. The molecule has 2 aromatic rings. The van der Waals surface area contributed by atoms with Crippen LogP contribution in [-0.2, 0) is 6.42 Å². The highest BCUT2D eigenvalue weighted by Crippen LogP contribution is 2.39. The summed E-state index contributed by atoms with van der Waals surface area (Å²) in [7, 11) is 3.25. The zero-order valence-corrected chi connectivity index (χ0v) is 14.5. The van der Waals surface area contributed by atoms with E-state index in [1.807, 2.05) is 26.0 Å². The summed E-state index contributed by atoms with van der Waals surface area (Å²) in [4.78, 5) is 12.5. The van der Waals surface area contributed by atoms with Gasteiger partial charge < -0.3 is 14.8 Å². The van der Waals surface area contributed by atoms with Crippen LogP contribution in [0, 0.1) is 0 Å². The van der Waals surface area contributed by atoms with Crippen LogP contribution in [0.5, 0.6) is 11.5 Å². The smallest absolute Gasteiger partial charge is 0.254 e. The van der Waals surface area contributed by atoms with Crippen molar-refractivity contribution in [1.82, 2.24) is 15.1 Å². The second-order valence-electron chi connectivity index (χ2n) is 6.27. The Hall–Kier alpha value is -2.50.